The van der Waals surface area contributed by atoms with Crippen LogP contribution in [0.4, 0.5) is 0 Å². The molecule has 0 aromatic carbocycles. The minimum Gasteiger partial charge on any atom is -0.462 e. The molecule has 8 aliphatic rings. The Morgan fingerprint density at radius 2 is 1.68 bits per heavy atom. The van der Waals surface area contributed by atoms with Crippen molar-refractivity contribution in [2.45, 2.75) is 153 Å². The van der Waals surface area contributed by atoms with Crippen LogP contribution in [0.5, 0.6) is 0 Å². The van der Waals surface area contributed by atoms with Crippen LogP contribution in [-0.2, 0) is 47.5 Å². The number of epoxide rings is 2. The lowest BCUT2D eigenvalue weighted by atomic mass is 9.42. The largest absolute Gasteiger partial charge is 0.462 e. The van der Waals surface area contributed by atoms with Crippen LogP contribution in [0, 0.1) is 40.4 Å². The summed E-state index contributed by atoms with van der Waals surface area (Å²) in [6.45, 7) is 10.0. The number of rotatable bonds is 8. The summed E-state index contributed by atoms with van der Waals surface area (Å²) in [5.41, 5.74) is -1.70. The van der Waals surface area contributed by atoms with Gasteiger partial charge < -0.3 is 58.7 Å². The van der Waals surface area contributed by atoms with Crippen molar-refractivity contribution < 1.29 is 73.1 Å². The van der Waals surface area contributed by atoms with Crippen LogP contribution < -0.4 is 0 Å². The van der Waals surface area contributed by atoms with E-state index in [2.05, 4.69) is 13.8 Å². The lowest BCUT2D eigenvalue weighted by Gasteiger charge is -2.64. The zero-order chi connectivity index (χ0) is 38.1. The number of aliphatic hydroxyl groups excluding tert-OH is 4. The van der Waals surface area contributed by atoms with Gasteiger partial charge in [0.2, 0.25) is 0 Å². The Kier molecular flexibility index (Phi) is 9.19. The molecule has 8 rings (SSSR count). The van der Waals surface area contributed by atoms with Crippen LogP contribution >= 0.6 is 0 Å². The van der Waals surface area contributed by atoms with Crippen LogP contribution in [0.25, 0.3) is 0 Å². The van der Waals surface area contributed by atoms with Gasteiger partial charge in [-0.3, -0.25) is 9.59 Å². The van der Waals surface area contributed by atoms with E-state index in [1.807, 2.05) is 13.8 Å². The summed E-state index contributed by atoms with van der Waals surface area (Å²) >= 11 is 0. The van der Waals surface area contributed by atoms with Crippen LogP contribution in [0.2, 0.25) is 0 Å². The van der Waals surface area contributed by atoms with Gasteiger partial charge >= 0.3 is 17.9 Å². The second-order valence-corrected chi connectivity index (χ2v) is 17.5. The molecule has 53 heavy (non-hydrogen) atoms. The van der Waals surface area contributed by atoms with Gasteiger partial charge in [0.1, 0.15) is 60.5 Å². The van der Waals surface area contributed by atoms with Crippen LogP contribution in [-0.4, -0.2) is 136 Å². The average Bonchev–Trinajstić information content (AvgIpc) is 4.02. The quantitative estimate of drug-likeness (QED) is 0.128. The van der Waals surface area contributed by atoms with Gasteiger partial charge in [0.05, 0.1) is 31.0 Å². The second-order valence-electron chi connectivity index (χ2n) is 17.5. The maximum atomic E-state index is 13.5. The first kappa shape index (κ1) is 37.7. The Hall–Kier alpha value is -2.21. The minimum atomic E-state index is -1.61. The fraction of sp³-hybridized carbons (Fsp3) is 0.868. The van der Waals surface area contributed by atoms with Crippen LogP contribution in [0.3, 0.4) is 0 Å². The molecule has 0 aromatic heterocycles. The van der Waals surface area contributed by atoms with Gasteiger partial charge in [0.15, 0.2) is 6.29 Å². The molecule has 0 spiro atoms. The molecule has 7 fully saturated rings. The molecule has 0 aromatic rings. The fourth-order valence-electron chi connectivity index (χ4n) is 12.3. The van der Waals surface area contributed by atoms with E-state index in [9.17, 15) is 39.9 Å². The maximum absolute atomic E-state index is 13.5. The Bertz CT molecular complexity index is 1550. The SMILES string of the molecule is CC(=O)OC1CC2C(C3OC3C3(O)CC4OC4C(OC(C)=O)C23C)C2CCC(C(C)C3CC(C)=C(COC4OC(CO)C(O)C(O)C4O)C(=O)O3)C12C. The molecule has 296 valence electrons. The highest BCUT2D eigenvalue weighted by atomic mass is 16.7. The van der Waals surface area contributed by atoms with Crippen molar-refractivity contribution in [3.63, 3.8) is 0 Å². The monoisotopic (exact) mass is 750 g/mol. The number of carbonyl (C=O) groups is 3. The molecule has 4 saturated carbocycles. The molecule has 0 amide bonds. The van der Waals surface area contributed by atoms with Gasteiger partial charge in [-0.1, -0.05) is 26.3 Å². The minimum absolute atomic E-state index is 0.00657. The summed E-state index contributed by atoms with van der Waals surface area (Å²) in [4.78, 5) is 38.8. The zero-order valence-electron chi connectivity index (χ0n) is 31.1. The van der Waals surface area contributed by atoms with Crippen molar-refractivity contribution in [1.82, 2.24) is 0 Å². The number of carbonyl (C=O) groups excluding carboxylic acids is 3. The molecule has 4 heterocycles. The molecule has 20 atom stereocenters. The first-order valence-corrected chi connectivity index (χ1v) is 19.2. The highest BCUT2D eigenvalue weighted by Gasteiger charge is 2.83. The third-order valence-electron chi connectivity index (χ3n) is 15.2. The fourth-order valence-corrected chi connectivity index (χ4v) is 12.3. The smallest absolute Gasteiger partial charge is 0.336 e. The van der Waals surface area contributed by atoms with Crippen LogP contribution in [0.15, 0.2) is 11.1 Å². The van der Waals surface area contributed by atoms with Crippen molar-refractivity contribution in [3.05, 3.63) is 11.1 Å². The zero-order valence-corrected chi connectivity index (χ0v) is 31.1. The van der Waals surface area contributed by atoms with E-state index >= 15 is 0 Å². The number of hydrogen-bond donors (Lipinski definition) is 5. The number of aliphatic hydroxyl groups is 5. The number of fused-ring (bicyclic) bond motifs is 9. The Balaban J connectivity index is 1.04. The second kappa shape index (κ2) is 12.9. The van der Waals surface area contributed by atoms with E-state index in [1.165, 1.54) is 13.8 Å². The third-order valence-corrected chi connectivity index (χ3v) is 15.2. The summed E-state index contributed by atoms with van der Waals surface area (Å²) in [6, 6.07) is 0. The summed E-state index contributed by atoms with van der Waals surface area (Å²) in [5.74, 6) is -1.69. The molecule has 3 saturated heterocycles. The Morgan fingerprint density at radius 1 is 0.962 bits per heavy atom. The number of esters is 3. The standard InChI is InChI=1S/C38H54O15/c1-14-9-22(51-34(45)18(14)13-47-35-29(44)28(43)27(42)24(12-39)52-35)15(2)19-7-8-20-26-21(10-25(36(19,20)5)48-16(3)40)37(6)32(49-17(4)41)30-23(50-30)11-38(37,46)33-31(26)53-33/h15,19-33,35,39,42-44,46H,7-13H2,1-6H3. The van der Waals surface area contributed by atoms with E-state index in [0.717, 1.165) is 18.4 Å². The highest BCUT2D eigenvalue weighted by molar-refractivity contribution is 5.90. The van der Waals surface area contributed by atoms with Crippen molar-refractivity contribution in [3.8, 4) is 0 Å². The van der Waals surface area contributed by atoms with Crippen molar-refractivity contribution in [2.24, 2.45) is 40.4 Å². The molecule has 4 aliphatic heterocycles. The van der Waals surface area contributed by atoms with Crippen molar-refractivity contribution >= 4 is 17.9 Å². The number of cyclic esters (lactones) is 1. The Labute approximate surface area is 308 Å². The molecule has 15 nitrogen and oxygen atoms in total. The molecule has 5 N–H and O–H groups in total. The van der Waals surface area contributed by atoms with Gasteiger partial charge in [-0.15, -0.1) is 0 Å². The number of hydrogen-bond acceptors (Lipinski definition) is 15. The third kappa shape index (κ3) is 5.50. The molecule has 4 aliphatic carbocycles. The number of ether oxygens (including phenoxy) is 7. The van der Waals surface area contributed by atoms with E-state index < -0.39 is 96.1 Å². The summed E-state index contributed by atoms with van der Waals surface area (Å²) in [6.07, 6.45) is -7.17. The van der Waals surface area contributed by atoms with Crippen molar-refractivity contribution in [1.29, 1.82) is 0 Å². The molecule has 0 bridgehead atoms. The van der Waals surface area contributed by atoms with Crippen molar-refractivity contribution in [2.75, 3.05) is 13.2 Å². The molecule has 0 radical (unpaired) electrons. The predicted octanol–water partition coefficient (Wildman–Crippen LogP) is 0.293. The first-order chi connectivity index (χ1) is 25.0. The van der Waals surface area contributed by atoms with E-state index in [0.29, 0.717) is 19.3 Å². The molecule has 15 heteroatoms. The van der Waals surface area contributed by atoms with Gasteiger partial charge in [0.25, 0.3) is 0 Å². The van der Waals surface area contributed by atoms with Gasteiger partial charge in [-0.2, -0.15) is 0 Å². The van der Waals surface area contributed by atoms with Crippen LogP contribution in [0.1, 0.15) is 73.6 Å². The molecule has 20 unspecified atom stereocenters. The lowest BCUT2D eigenvalue weighted by Crippen LogP contribution is -2.72. The summed E-state index contributed by atoms with van der Waals surface area (Å²) in [5, 5.41) is 52.6. The topological polar surface area (TPSA) is 224 Å². The average molecular weight is 751 g/mol. The van der Waals surface area contributed by atoms with E-state index in [1.54, 1.807) is 0 Å². The van der Waals surface area contributed by atoms with E-state index in [-0.39, 0.29) is 60.1 Å². The molecular weight excluding hydrogens is 696 g/mol. The normalized spacial score (nSPS) is 52.8. The Morgan fingerprint density at radius 3 is 2.34 bits per heavy atom. The van der Waals surface area contributed by atoms with Gasteiger partial charge in [-0.25, -0.2) is 4.79 Å². The van der Waals surface area contributed by atoms with E-state index in [4.69, 9.17) is 33.2 Å². The predicted molar refractivity (Wildman–Crippen MR) is 178 cm³/mol. The van der Waals surface area contributed by atoms with Gasteiger partial charge in [0, 0.05) is 37.5 Å². The maximum Gasteiger partial charge on any atom is 0.336 e. The summed E-state index contributed by atoms with van der Waals surface area (Å²) in [7, 11) is 0. The highest BCUT2D eigenvalue weighted by Crippen LogP contribution is 2.74. The molecular formula is C38H54O15. The lowest BCUT2D eigenvalue weighted by molar-refractivity contribution is -0.299. The summed E-state index contributed by atoms with van der Waals surface area (Å²) < 4.78 is 41.9. The van der Waals surface area contributed by atoms with Gasteiger partial charge in [-0.05, 0) is 55.8 Å². The first-order valence-electron chi connectivity index (χ1n) is 19.2.